The van der Waals surface area contributed by atoms with Crippen molar-refractivity contribution in [3.05, 3.63) is 72.5 Å². The van der Waals surface area contributed by atoms with Crippen LogP contribution in [0.25, 0.3) is 0 Å². The van der Waals surface area contributed by atoms with E-state index in [4.69, 9.17) is 0 Å². The molecule has 0 spiro atoms. The minimum absolute atomic E-state index is 0.992. The van der Waals surface area contributed by atoms with Crippen molar-refractivity contribution in [1.82, 2.24) is 0 Å². The van der Waals surface area contributed by atoms with Crippen LogP contribution in [0.1, 0.15) is 5.56 Å². The van der Waals surface area contributed by atoms with Gasteiger partial charge in [0.25, 0.3) is 0 Å². The number of hydrogen-bond acceptors (Lipinski definition) is 1. The van der Waals surface area contributed by atoms with Crippen LogP contribution in [0, 0.1) is 0 Å². The summed E-state index contributed by atoms with van der Waals surface area (Å²) in [5, 5.41) is 0. The summed E-state index contributed by atoms with van der Waals surface area (Å²) in [5.41, 5.74) is 2.13. The first kappa shape index (κ1) is 8.70. The smallest absolute Gasteiger partial charge is 0.0701 e. The van der Waals surface area contributed by atoms with Crippen molar-refractivity contribution in [2.75, 3.05) is 0 Å². The summed E-state index contributed by atoms with van der Waals surface area (Å²) < 4.78 is 0. The molecule has 0 atom stereocenters. The summed E-state index contributed by atoms with van der Waals surface area (Å²) in [6.07, 6.45) is 11.7. The number of aliphatic imine (C=N–C) groups is 1. The van der Waals surface area contributed by atoms with Crippen LogP contribution in [0.4, 0.5) is 0 Å². The third-order valence-electron chi connectivity index (χ3n) is 1.96. The highest BCUT2D eigenvalue weighted by molar-refractivity contribution is 6.09. The van der Waals surface area contributed by atoms with Crippen LogP contribution in [0.5, 0.6) is 0 Å². The second-order valence-electron chi connectivity index (χ2n) is 2.97. The Balaban J connectivity index is 2.35. The molecule has 1 heterocycles. The van der Waals surface area contributed by atoms with E-state index in [9.17, 15) is 0 Å². The van der Waals surface area contributed by atoms with Crippen LogP contribution < -0.4 is 0 Å². The Bertz CT molecular complexity index is 408. The Morgan fingerprint density at radius 2 is 1.57 bits per heavy atom. The largest absolute Gasteiger partial charge is 0.256 e. The number of benzene rings is 1. The maximum Gasteiger partial charge on any atom is 0.0701 e. The minimum atomic E-state index is 0.992. The van der Waals surface area contributed by atoms with Crippen LogP contribution in [0.3, 0.4) is 0 Å². The average Bonchev–Trinajstić information content (AvgIpc) is 2.18. The van der Waals surface area contributed by atoms with Crippen LogP contribution in [0.2, 0.25) is 0 Å². The van der Waals surface area contributed by atoms with Gasteiger partial charge in [0.05, 0.1) is 5.71 Å². The van der Waals surface area contributed by atoms with Crippen LogP contribution >= 0.6 is 0 Å². The van der Waals surface area contributed by atoms with Gasteiger partial charge in [-0.2, -0.15) is 0 Å². The quantitative estimate of drug-likeness (QED) is 0.631. The minimum Gasteiger partial charge on any atom is -0.256 e. The summed E-state index contributed by atoms with van der Waals surface area (Å²) >= 11 is 0. The molecule has 0 amide bonds. The highest BCUT2D eigenvalue weighted by Crippen LogP contribution is 2.04. The topological polar surface area (TPSA) is 12.4 Å². The number of hydrogen-bond donors (Lipinski definition) is 0. The Kier molecular flexibility index (Phi) is 2.72. The molecule has 0 radical (unpaired) electrons. The summed E-state index contributed by atoms with van der Waals surface area (Å²) in [5.74, 6) is 0. The molecule has 14 heavy (non-hydrogen) atoms. The zero-order chi connectivity index (χ0) is 9.64. The molecular formula is C13H11N. The van der Waals surface area contributed by atoms with Gasteiger partial charge in [0, 0.05) is 11.8 Å². The highest BCUT2D eigenvalue weighted by Gasteiger charge is 1.96. The van der Waals surface area contributed by atoms with E-state index < -0.39 is 0 Å². The SMILES string of the molecule is C1=CC=CC(c2ccccc2)=NC=C1. The second kappa shape index (κ2) is 4.38. The van der Waals surface area contributed by atoms with Gasteiger partial charge in [-0.1, -0.05) is 48.6 Å². The molecule has 0 saturated heterocycles. The lowest BCUT2D eigenvalue weighted by molar-refractivity contribution is 1.52. The molecule has 1 aromatic carbocycles. The third kappa shape index (κ3) is 2.07. The van der Waals surface area contributed by atoms with E-state index >= 15 is 0 Å². The molecule has 2 rings (SSSR count). The lowest BCUT2D eigenvalue weighted by Gasteiger charge is -1.99. The molecule has 1 aliphatic rings. The first-order chi connectivity index (χ1) is 6.97. The molecule has 0 bridgehead atoms. The van der Waals surface area contributed by atoms with E-state index in [0.717, 1.165) is 11.3 Å². The Labute approximate surface area is 83.8 Å². The van der Waals surface area contributed by atoms with Gasteiger partial charge in [-0.3, -0.25) is 4.99 Å². The number of nitrogens with zero attached hydrogens (tertiary/aromatic N) is 1. The van der Waals surface area contributed by atoms with E-state index in [-0.39, 0.29) is 0 Å². The fraction of sp³-hybridized carbons (Fsp3) is 0. The van der Waals surface area contributed by atoms with Crippen molar-refractivity contribution >= 4 is 5.71 Å². The zero-order valence-corrected chi connectivity index (χ0v) is 7.80. The van der Waals surface area contributed by atoms with E-state index in [1.807, 2.05) is 54.8 Å². The Hall–Kier alpha value is -1.89. The molecular weight excluding hydrogens is 170 g/mol. The number of allylic oxidation sites excluding steroid dienone is 5. The third-order valence-corrected chi connectivity index (χ3v) is 1.96. The van der Waals surface area contributed by atoms with Crippen LogP contribution in [-0.2, 0) is 0 Å². The molecule has 68 valence electrons. The molecule has 0 saturated carbocycles. The van der Waals surface area contributed by atoms with E-state index in [1.54, 1.807) is 0 Å². The van der Waals surface area contributed by atoms with Crippen LogP contribution in [-0.4, -0.2) is 5.71 Å². The molecule has 0 fully saturated rings. The second-order valence-corrected chi connectivity index (χ2v) is 2.97. The van der Waals surface area contributed by atoms with Crippen molar-refractivity contribution < 1.29 is 0 Å². The van der Waals surface area contributed by atoms with Crippen molar-refractivity contribution in [3.8, 4) is 0 Å². The van der Waals surface area contributed by atoms with Gasteiger partial charge in [0.2, 0.25) is 0 Å². The molecule has 1 nitrogen and oxygen atoms in total. The average molecular weight is 181 g/mol. The first-order valence-electron chi connectivity index (χ1n) is 4.60. The van der Waals surface area contributed by atoms with Crippen molar-refractivity contribution in [3.63, 3.8) is 0 Å². The first-order valence-corrected chi connectivity index (χ1v) is 4.60. The molecule has 0 aliphatic carbocycles. The van der Waals surface area contributed by atoms with E-state index in [0.29, 0.717) is 0 Å². The summed E-state index contributed by atoms with van der Waals surface area (Å²) in [6, 6.07) is 10.2. The maximum absolute atomic E-state index is 4.35. The summed E-state index contributed by atoms with van der Waals surface area (Å²) in [4.78, 5) is 4.35. The van der Waals surface area contributed by atoms with Gasteiger partial charge in [-0.15, -0.1) is 0 Å². The normalized spacial score (nSPS) is 14.7. The Morgan fingerprint density at radius 1 is 0.786 bits per heavy atom. The van der Waals surface area contributed by atoms with Crippen LogP contribution in [0.15, 0.2) is 71.9 Å². The molecule has 1 aromatic rings. The van der Waals surface area contributed by atoms with Crippen molar-refractivity contribution in [2.45, 2.75) is 0 Å². The molecule has 1 aliphatic heterocycles. The zero-order valence-electron chi connectivity index (χ0n) is 7.80. The lowest BCUT2D eigenvalue weighted by Crippen LogP contribution is -1.95. The van der Waals surface area contributed by atoms with Gasteiger partial charge in [-0.25, -0.2) is 0 Å². The summed E-state index contributed by atoms with van der Waals surface area (Å²) in [6.45, 7) is 0. The molecule has 0 aromatic heterocycles. The Morgan fingerprint density at radius 3 is 2.43 bits per heavy atom. The van der Waals surface area contributed by atoms with Gasteiger partial charge in [0.1, 0.15) is 0 Å². The molecule has 1 heteroatoms. The van der Waals surface area contributed by atoms with Crippen molar-refractivity contribution in [1.29, 1.82) is 0 Å². The van der Waals surface area contributed by atoms with Gasteiger partial charge in [-0.05, 0) is 12.2 Å². The van der Waals surface area contributed by atoms with E-state index in [2.05, 4.69) is 17.1 Å². The fourth-order valence-corrected chi connectivity index (χ4v) is 1.27. The van der Waals surface area contributed by atoms with Gasteiger partial charge >= 0.3 is 0 Å². The number of rotatable bonds is 1. The lowest BCUT2D eigenvalue weighted by atomic mass is 10.1. The standard InChI is InChI=1S/C13H11N/c1-2-7-11-14-13(10-6-1)12-8-4-3-5-9-12/h1-11H. The molecule has 0 unspecified atom stereocenters. The maximum atomic E-state index is 4.35. The molecule has 0 N–H and O–H groups in total. The highest BCUT2D eigenvalue weighted by atomic mass is 14.7. The predicted molar refractivity (Wildman–Crippen MR) is 60.4 cm³/mol. The fourth-order valence-electron chi connectivity index (χ4n) is 1.27. The predicted octanol–water partition coefficient (Wildman–Crippen LogP) is 3.12. The van der Waals surface area contributed by atoms with Gasteiger partial charge in [0.15, 0.2) is 0 Å². The van der Waals surface area contributed by atoms with E-state index in [1.165, 1.54) is 0 Å². The van der Waals surface area contributed by atoms with Gasteiger partial charge < -0.3 is 0 Å². The van der Waals surface area contributed by atoms with Crippen molar-refractivity contribution in [2.24, 2.45) is 4.99 Å². The summed E-state index contributed by atoms with van der Waals surface area (Å²) in [7, 11) is 0. The monoisotopic (exact) mass is 181 g/mol.